The number of hydrogen-bond acceptors (Lipinski definition) is 1. The van der Waals surface area contributed by atoms with Crippen molar-refractivity contribution in [3.8, 4) is 16.9 Å². The van der Waals surface area contributed by atoms with Crippen molar-refractivity contribution in [3.63, 3.8) is 0 Å². The monoisotopic (exact) mass is 380 g/mol. The first-order valence-corrected chi connectivity index (χ1v) is 10.6. The summed E-state index contributed by atoms with van der Waals surface area (Å²) in [6, 6.07) is 25.8. The van der Waals surface area contributed by atoms with Gasteiger partial charge in [0.15, 0.2) is 0 Å². The molecule has 0 fully saturated rings. The summed E-state index contributed by atoms with van der Waals surface area (Å²) in [6.45, 7) is 7.10. The van der Waals surface area contributed by atoms with Gasteiger partial charge in [0.05, 0.1) is 6.61 Å². The predicted molar refractivity (Wildman–Crippen MR) is 127 cm³/mol. The molecule has 0 saturated carbocycles. The third kappa shape index (κ3) is 3.91. The summed E-state index contributed by atoms with van der Waals surface area (Å²) in [6.07, 6.45) is 6.87. The van der Waals surface area contributed by atoms with Crippen LogP contribution in [0.15, 0.2) is 79.4 Å². The van der Waals surface area contributed by atoms with Crippen LogP contribution in [0.4, 0.5) is 0 Å². The van der Waals surface area contributed by atoms with Gasteiger partial charge in [-0.3, -0.25) is 0 Å². The second kappa shape index (κ2) is 8.96. The second-order valence-corrected chi connectivity index (χ2v) is 7.52. The Hall–Kier alpha value is -3.06. The van der Waals surface area contributed by atoms with E-state index < -0.39 is 0 Å². The standard InChI is InChI=1S/C28H28O/c1-3-5-6-11-20-29-22-18-16-21(17-19-22)28-26-14-9-7-12-24(26)23(4-2)25-13-8-10-15-27(25)28/h4,7-10,12-19H,2-3,5-6,11,20H2,1H3. The van der Waals surface area contributed by atoms with Crippen molar-refractivity contribution >= 4 is 27.6 Å². The van der Waals surface area contributed by atoms with Crippen molar-refractivity contribution in [2.24, 2.45) is 0 Å². The van der Waals surface area contributed by atoms with Gasteiger partial charge in [0.1, 0.15) is 5.75 Å². The molecular weight excluding hydrogens is 352 g/mol. The number of benzene rings is 4. The largest absolute Gasteiger partial charge is 0.494 e. The van der Waals surface area contributed by atoms with Crippen LogP contribution in [0.5, 0.6) is 5.75 Å². The molecule has 146 valence electrons. The van der Waals surface area contributed by atoms with Gasteiger partial charge in [-0.15, -0.1) is 0 Å². The van der Waals surface area contributed by atoms with Gasteiger partial charge >= 0.3 is 0 Å². The molecule has 29 heavy (non-hydrogen) atoms. The highest BCUT2D eigenvalue weighted by Crippen LogP contribution is 2.39. The molecule has 0 bridgehead atoms. The molecule has 4 aromatic carbocycles. The summed E-state index contributed by atoms with van der Waals surface area (Å²) < 4.78 is 5.94. The highest BCUT2D eigenvalue weighted by molar-refractivity contribution is 6.17. The number of unbranched alkanes of at least 4 members (excludes halogenated alkanes) is 3. The highest BCUT2D eigenvalue weighted by Gasteiger charge is 2.13. The average Bonchev–Trinajstić information content (AvgIpc) is 2.78. The summed E-state index contributed by atoms with van der Waals surface area (Å²) in [5.74, 6) is 0.946. The van der Waals surface area contributed by atoms with Crippen LogP contribution in [-0.4, -0.2) is 6.61 Å². The topological polar surface area (TPSA) is 9.23 Å². The van der Waals surface area contributed by atoms with Crippen LogP contribution < -0.4 is 4.74 Å². The van der Waals surface area contributed by atoms with E-state index in [0.29, 0.717) is 0 Å². The average molecular weight is 381 g/mol. The maximum absolute atomic E-state index is 5.94. The van der Waals surface area contributed by atoms with Crippen molar-refractivity contribution in [1.29, 1.82) is 0 Å². The van der Waals surface area contributed by atoms with E-state index in [2.05, 4.69) is 86.3 Å². The first-order valence-electron chi connectivity index (χ1n) is 10.6. The third-order valence-electron chi connectivity index (χ3n) is 5.59. The number of ether oxygens (including phenoxy) is 1. The first kappa shape index (κ1) is 19.3. The highest BCUT2D eigenvalue weighted by atomic mass is 16.5. The fourth-order valence-electron chi connectivity index (χ4n) is 4.13. The van der Waals surface area contributed by atoms with Crippen molar-refractivity contribution in [2.45, 2.75) is 32.6 Å². The molecular formula is C28H28O. The zero-order valence-corrected chi connectivity index (χ0v) is 17.2. The van der Waals surface area contributed by atoms with E-state index in [9.17, 15) is 0 Å². The van der Waals surface area contributed by atoms with Gasteiger partial charge in [0, 0.05) is 0 Å². The number of hydrogen-bond donors (Lipinski definition) is 0. The Balaban J connectivity index is 1.74. The van der Waals surface area contributed by atoms with Crippen LogP contribution in [0.1, 0.15) is 38.2 Å². The number of fused-ring (bicyclic) bond motifs is 2. The molecule has 0 spiro atoms. The van der Waals surface area contributed by atoms with E-state index in [1.807, 2.05) is 6.08 Å². The van der Waals surface area contributed by atoms with Gasteiger partial charge < -0.3 is 4.74 Å². The van der Waals surface area contributed by atoms with Crippen molar-refractivity contribution in [2.75, 3.05) is 6.61 Å². The maximum atomic E-state index is 5.94. The lowest BCUT2D eigenvalue weighted by Crippen LogP contribution is -1.97. The van der Waals surface area contributed by atoms with Crippen molar-refractivity contribution in [3.05, 3.63) is 84.9 Å². The van der Waals surface area contributed by atoms with Crippen molar-refractivity contribution in [1.82, 2.24) is 0 Å². The molecule has 0 radical (unpaired) electrons. The lowest BCUT2D eigenvalue weighted by molar-refractivity contribution is 0.305. The summed E-state index contributed by atoms with van der Waals surface area (Å²) >= 11 is 0. The van der Waals surface area contributed by atoms with E-state index >= 15 is 0 Å². The Bertz CT molecular complexity index is 1070. The minimum absolute atomic E-state index is 0.791. The minimum atomic E-state index is 0.791. The lowest BCUT2D eigenvalue weighted by Gasteiger charge is -2.16. The lowest BCUT2D eigenvalue weighted by atomic mass is 9.88. The molecule has 0 unspecified atom stereocenters. The van der Waals surface area contributed by atoms with Crippen LogP contribution in [-0.2, 0) is 0 Å². The normalized spacial score (nSPS) is 11.1. The third-order valence-corrected chi connectivity index (χ3v) is 5.59. The predicted octanol–water partition coefficient (Wildman–Crippen LogP) is 8.26. The van der Waals surface area contributed by atoms with Crippen LogP contribution in [0.25, 0.3) is 38.7 Å². The summed E-state index contributed by atoms with van der Waals surface area (Å²) in [4.78, 5) is 0. The smallest absolute Gasteiger partial charge is 0.119 e. The molecule has 0 saturated heterocycles. The SMILES string of the molecule is C=Cc1c2ccccc2c(-c2ccc(OCCCCCC)cc2)c2ccccc12. The van der Waals surface area contributed by atoms with Gasteiger partial charge in [-0.1, -0.05) is 99.5 Å². The quantitative estimate of drug-likeness (QED) is 0.221. The zero-order chi connectivity index (χ0) is 20.1. The molecule has 0 aliphatic heterocycles. The van der Waals surface area contributed by atoms with Gasteiger partial charge in [-0.25, -0.2) is 0 Å². The Kier molecular flexibility index (Phi) is 5.95. The molecule has 0 N–H and O–H groups in total. The molecule has 0 heterocycles. The van der Waals surface area contributed by atoms with Gasteiger partial charge in [0.2, 0.25) is 0 Å². The Morgan fingerprint density at radius 1 is 0.724 bits per heavy atom. The summed E-state index contributed by atoms with van der Waals surface area (Å²) in [7, 11) is 0. The van der Waals surface area contributed by atoms with E-state index in [1.165, 1.54) is 57.5 Å². The molecule has 4 aromatic rings. The molecule has 1 nitrogen and oxygen atoms in total. The fraction of sp³-hybridized carbons (Fsp3) is 0.214. The Morgan fingerprint density at radius 3 is 1.86 bits per heavy atom. The molecule has 0 amide bonds. The van der Waals surface area contributed by atoms with Gasteiger partial charge in [0.25, 0.3) is 0 Å². The van der Waals surface area contributed by atoms with E-state index in [1.54, 1.807) is 0 Å². The first-order chi connectivity index (χ1) is 14.3. The van der Waals surface area contributed by atoms with Crippen LogP contribution in [0.2, 0.25) is 0 Å². The summed E-state index contributed by atoms with van der Waals surface area (Å²) in [5.41, 5.74) is 3.69. The molecule has 1 heteroatoms. The maximum Gasteiger partial charge on any atom is 0.119 e. The Morgan fingerprint density at radius 2 is 1.31 bits per heavy atom. The molecule has 0 aliphatic carbocycles. The minimum Gasteiger partial charge on any atom is -0.494 e. The van der Waals surface area contributed by atoms with Crippen LogP contribution in [0.3, 0.4) is 0 Å². The van der Waals surface area contributed by atoms with Crippen LogP contribution >= 0.6 is 0 Å². The molecule has 4 rings (SSSR count). The number of rotatable bonds is 8. The molecule has 0 aliphatic rings. The summed E-state index contributed by atoms with van der Waals surface area (Å²) in [5, 5.41) is 5.00. The van der Waals surface area contributed by atoms with Crippen LogP contribution in [0, 0.1) is 0 Å². The zero-order valence-electron chi connectivity index (χ0n) is 17.2. The molecule has 0 atom stereocenters. The van der Waals surface area contributed by atoms with Gasteiger partial charge in [-0.05, 0) is 56.8 Å². The fourth-order valence-corrected chi connectivity index (χ4v) is 4.13. The second-order valence-electron chi connectivity index (χ2n) is 7.52. The van der Waals surface area contributed by atoms with Gasteiger partial charge in [-0.2, -0.15) is 0 Å². The Labute approximate surface area is 173 Å². The molecule has 0 aromatic heterocycles. The van der Waals surface area contributed by atoms with E-state index in [0.717, 1.165) is 18.8 Å². The van der Waals surface area contributed by atoms with E-state index in [-0.39, 0.29) is 0 Å². The van der Waals surface area contributed by atoms with Crippen molar-refractivity contribution < 1.29 is 4.74 Å². The van der Waals surface area contributed by atoms with E-state index in [4.69, 9.17) is 4.74 Å².